The van der Waals surface area contributed by atoms with Crippen LogP contribution in [0, 0.1) is 18.3 Å². The molecule has 1 aliphatic heterocycles. The van der Waals surface area contributed by atoms with Gasteiger partial charge in [0.2, 0.25) is 0 Å². The number of fused-ring (bicyclic) bond motifs is 1. The zero-order valence-electron chi connectivity index (χ0n) is 18.4. The van der Waals surface area contributed by atoms with E-state index < -0.39 is 0 Å². The van der Waals surface area contributed by atoms with E-state index in [2.05, 4.69) is 75.7 Å². The Morgan fingerprint density at radius 3 is 2.53 bits per heavy atom. The van der Waals surface area contributed by atoms with E-state index in [0.717, 1.165) is 53.6 Å². The van der Waals surface area contributed by atoms with Gasteiger partial charge in [0.05, 0.1) is 23.0 Å². The summed E-state index contributed by atoms with van der Waals surface area (Å²) in [6, 6.07) is 23.2. The summed E-state index contributed by atoms with van der Waals surface area (Å²) in [5, 5.41) is 24.2. The largest absolute Gasteiger partial charge is 0.305 e. The molecule has 0 amide bonds. The van der Waals surface area contributed by atoms with Gasteiger partial charge in [0.15, 0.2) is 0 Å². The van der Waals surface area contributed by atoms with E-state index in [1.165, 1.54) is 29.7 Å². The molecule has 0 aliphatic carbocycles. The normalized spacial score (nSPS) is 14.9. The van der Waals surface area contributed by atoms with E-state index in [-0.39, 0.29) is 0 Å². The van der Waals surface area contributed by atoms with E-state index in [4.69, 9.17) is 0 Å². The van der Waals surface area contributed by atoms with Crippen LogP contribution in [-0.4, -0.2) is 28.3 Å². The first-order valence-electron chi connectivity index (χ1n) is 11.3. The first-order valence-corrected chi connectivity index (χ1v) is 11.3. The Morgan fingerprint density at radius 1 is 0.938 bits per heavy atom. The molecule has 0 radical (unpaired) electrons. The summed E-state index contributed by atoms with van der Waals surface area (Å²) in [6.45, 7) is 4.85. The summed E-state index contributed by atoms with van der Waals surface area (Å²) in [5.74, 6) is 0. The summed E-state index contributed by atoms with van der Waals surface area (Å²) in [7, 11) is 0. The molecule has 4 aromatic rings. The minimum Gasteiger partial charge on any atom is -0.305 e. The monoisotopic (exact) mass is 421 g/mol. The van der Waals surface area contributed by atoms with Crippen LogP contribution in [0.4, 0.5) is 5.69 Å². The van der Waals surface area contributed by atoms with Crippen molar-refractivity contribution in [2.45, 2.75) is 32.7 Å². The van der Waals surface area contributed by atoms with Gasteiger partial charge in [0.1, 0.15) is 0 Å². The molecule has 0 unspecified atom stereocenters. The highest BCUT2D eigenvalue weighted by atomic mass is 15.6. The third-order valence-electron chi connectivity index (χ3n) is 6.32. The average Bonchev–Trinajstić information content (AvgIpc) is 3.16. The van der Waals surface area contributed by atoms with Crippen LogP contribution in [0.2, 0.25) is 0 Å². The second-order valence-corrected chi connectivity index (χ2v) is 8.49. The van der Waals surface area contributed by atoms with E-state index in [1.54, 1.807) is 0 Å². The molecule has 5 nitrogen and oxygen atoms in total. The van der Waals surface area contributed by atoms with Gasteiger partial charge in [-0.1, -0.05) is 60.5 Å². The number of nitrogens with one attached hydrogen (secondary N) is 1. The molecule has 3 aromatic carbocycles. The number of hydrogen-bond donors (Lipinski definition) is 1. The van der Waals surface area contributed by atoms with Gasteiger partial charge >= 0.3 is 0 Å². The van der Waals surface area contributed by atoms with Crippen LogP contribution in [0.25, 0.3) is 22.0 Å². The Bertz CT molecular complexity index is 1270. The van der Waals surface area contributed by atoms with E-state index >= 15 is 0 Å². The molecule has 5 heteroatoms. The van der Waals surface area contributed by atoms with Crippen LogP contribution in [0.15, 0.2) is 66.9 Å². The zero-order valence-corrected chi connectivity index (χ0v) is 18.4. The van der Waals surface area contributed by atoms with Crippen molar-refractivity contribution in [1.82, 2.24) is 15.2 Å². The predicted octanol–water partition coefficient (Wildman–Crippen LogP) is 5.82. The fraction of sp³-hybridized carbons (Fsp3) is 0.259. The van der Waals surface area contributed by atoms with Crippen LogP contribution in [0.5, 0.6) is 0 Å². The number of rotatable bonds is 4. The Balaban J connectivity index is 1.52. The summed E-state index contributed by atoms with van der Waals surface area (Å²) in [4.78, 5) is 0. The van der Waals surface area contributed by atoms with E-state index in [0.29, 0.717) is 0 Å². The standard InChI is InChI=1S/C27H27N5/c1-20-9-11-21(12-10-20)27-23(18-29-30-27)19-31-15-5-2-6-16-32(31)26-14-13-22(17-28)24-7-3-4-8-25(24)26/h3-4,7-14,18H,2,5-6,15-16,19H2,1H3,(H,29,30). The predicted molar refractivity (Wildman–Crippen MR) is 129 cm³/mol. The molecule has 1 fully saturated rings. The maximum Gasteiger partial charge on any atom is 0.0998 e. The van der Waals surface area contributed by atoms with Crippen LogP contribution in [0.1, 0.15) is 36.0 Å². The van der Waals surface area contributed by atoms with Crippen molar-refractivity contribution in [2.75, 3.05) is 18.1 Å². The average molecular weight is 422 g/mol. The lowest BCUT2D eigenvalue weighted by Crippen LogP contribution is -2.42. The lowest BCUT2D eigenvalue weighted by atomic mass is 10.0. The van der Waals surface area contributed by atoms with Crippen molar-refractivity contribution in [1.29, 1.82) is 5.26 Å². The molecule has 1 N–H and O–H groups in total. The molecule has 2 heterocycles. The molecule has 1 aliphatic rings. The van der Waals surface area contributed by atoms with Crippen LogP contribution >= 0.6 is 0 Å². The van der Waals surface area contributed by atoms with Gasteiger partial charge in [-0.25, -0.2) is 5.01 Å². The fourth-order valence-corrected chi connectivity index (χ4v) is 4.63. The molecule has 1 aromatic heterocycles. The molecular weight excluding hydrogens is 394 g/mol. The van der Waals surface area contributed by atoms with Gasteiger partial charge in [0, 0.05) is 47.7 Å². The SMILES string of the molecule is Cc1ccc(-c2n[nH]cc2CN2CCCCCN2c2ccc(C#N)c3ccccc23)cc1. The van der Waals surface area contributed by atoms with Crippen molar-refractivity contribution in [3.8, 4) is 17.3 Å². The third kappa shape index (κ3) is 3.86. The van der Waals surface area contributed by atoms with E-state index in [9.17, 15) is 5.26 Å². The number of aromatic nitrogens is 2. The number of aryl methyl sites for hydroxylation is 1. The van der Waals surface area contributed by atoms with Gasteiger partial charge in [-0.15, -0.1) is 0 Å². The first-order chi connectivity index (χ1) is 15.7. The molecular formula is C27H27N5. The lowest BCUT2D eigenvalue weighted by Gasteiger charge is -2.36. The molecule has 0 spiro atoms. The van der Waals surface area contributed by atoms with Crippen LogP contribution in [-0.2, 0) is 6.54 Å². The number of anilines is 1. The second-order valence-electron chi connectivity index (χ2n) is 8.49. The summed E-state index contributed by atoms with van der Waals surface area (Å²) in [5.41, 5.74) is 6.48. The molecule has 0 bridgehead atoms. The van der Waals surface area contributed by atoms with Gasteiger partial charge in [-0.3, -0.25) is 5.10 Å². The fourth-order valence-electron chi connectivity index (χ4n) is 4.63. The minimum absolute atomic E-state index is 0.724. The maximum atomic E-state index is 9.58. The second kappa shape index (κ2) is 8.86. The van der Waals surface area contributed by atoms with Crippen molar-refractivity contribution < 1.29 is 0 Å². The molecule has 0 saturated carbocycles. The van der Waals surface area contributed by atoms with Gasteiger partial charge < -0.3 is 5.01 Å². The van der Waals surface area contributed by atoms with Crippen molar-refractivity contribution in [3.05, 3.63) is 83.6 Å². The highest BCUT2D eigenvalue weighted by Gasteiger charge is 2.23. The molecule has 32 heavy (non-hydrogen) atoms. The van der Waals surface area contributed by atoms with Gasteiger partial charge in [0.25, 0.3) is 0 Å². The number of hydrazine groups is 1. The highest BCUT2D eigenvalue weighted by molar-refractivity contribution is 5.97. The third-order valence-corrected chi connectivity index (χ3v) is 6.32. The maximum absolute atomic E-state index is 9.58. The van der Waals surface area contributed by atoms with E-state index in [1.807, 2.05) is 24.4 Å². The molecule has 0 atom stereocenters. The van der Waals surface area contributed by atoms with Crippen molar-refractivity contribution in [2.24, 2.45) is 0 Å². The molecule has 1 saturated heterocycles. The van der Waals surface area contributed by atoms with Crippen LogP contribution < -0.4 is 5.01 Å². The molecule has 160 valence electrons. The van der Waals surface area contributed by atoms with Gasteiger partial charge in [-0.05, 0) is 31.9 Å². The first kappa shape index (κ1) is 20.3. The summed E-state index contributed by atoms with van der Waals surface area (Å²) in [6.07, 6.45) is 5.57. The number of H-pyrrole nitrogens is 1. The Morgan fingerprint density at radius 2 is 1.72 bits per heavy atom. The Kier molecular flexibility index (Phi) is 5.62. The minimum atomic E-state index is 0.724. The van der Waals surface area contributed by atoms with Crippen LogP contribution in [0.3, 0.4) is 0 Å². The van der Waals surface area contributed by atoms with Crippen molar-refractivity contribution in [3.63, 3.8) is 0 Å². The summed E-state index contributed by atoms with van der Waals surface area (Å²) < 4.78 is 0. The topological polar surface area (TPSA) is 59.0 Å². The Hall–Kier alpha value is -3.62. The number of aromatic amines is 1. The van der Waals surface area contributed by atoms with Crippen molar-refractivity contribution >= 4 is 16.5 Å². The number of nitrogens with zero attached hydrogens (tertiary/aromatic N) is 4. The lowest BCUT2D eigenvalue weighted by molar-refractivity contribution is 0.254. The van der Waals surface area contributed by atoms with Gasteiger partial charge in [-0.2, -0.15) is 10.4 Å². The highest BCUT2D eigenvalue weighted by Crippen LogP contribution is 2.33. The number of nitriles is 1. The quantitative estimate of drug-likeness (QED) is 0.451. The number of benzene rings is 3. The summed E-state index contributed by atoms with van der Waals surface area (Å²) >= 11 is 0. The number of hydrogen-bond acceptors (Lipinski definition) is 4. The zero-order chi connectivity index (χ0) is 21.9. The molecule has 5 rings (SSSR count). The smallest absolute Gasteiger partial charge is 0.0998 e. The Labute approximate surface area is 188 Å².